The third-order valence-electron chi connectivity index (χ3n) is 0.496. The molecule has 9 heavy (non-hydrogen) atoms. The maximum absolute atomic E-state index is 8.44. The van der Waals surface area contributed by atoms with Crippen LogP contribution in [0.15, 0.2) is 0 Å². The van der Waals surface area contributed by atoms with E-state index in [0.29, 0.717) is 0 Å². The molecule has 0 heterocycles. The Bertz CT molecular complexity index is 97.6. The lowest BCUT2D eigenvalue weighted by atomic mass is 10.9. The number of halogens is 5. The van der Waals surface area contributed by atoms with Gasteiger partial charge in [-0.3, -0.25) is 0 Å². The van der Waals surface area contributed by atoms with Gasteiger partial charge in [0.2, 0.25) is 3.79 Å². The summed E-state index contributed by atoms with van der Waals surface area (Å²) in [7, 11) is -0.829. The minimum Gasteiger partial charge on any atom is -0.429 e. The molecule has 0 amide bonds. The molecule has 0 bridgehead atoms. The average Bonchev–Trinajstić information content (AvgIpc) is 1.64. The second kappa shape index (κ2) is 3.35. The Labute approximate surface area is 80.1 Å². The number of hydrogen-bond acceptors (Lipinski definition) is 1. The lowest BCUT2D eigenvalue weighted by Gasteiger charge is -2.23. The summed E-state index contributed by atoms with van der Waals surface area (Å²) in [6, 6.07) is 0. The molecule has 0 aliphatic rings. The van der Waals surface area contributed by atoms with E-state index in [1.165, 1.54) is 0 Å². The summed E-state index contributed by atoms with van der Waals surface area (Å²) in [5, 5.41) is 0. The Morgan fingerprint density at radius 3 is 1.33 bits per heavy atom. The van der Waals surface area contributed by atoms with Gasteiger partial charge in [0.05, 0.1) is 0 Å². The Morgan fingerprint density at radius 1 is 1.00 bits per heavy atom. The zero-order chi connectivity index (χ0) is 7.71. The molecular formula is C2HCl5OSi. The smallest absolute Gasteiger partial charge is 0.272 e. The summed E-state index contributed by atoms with van der Waals surface area (Å²) in [5.74, 6) is 0. The average molecular weight is 246 g/mol. The van der Waals surface area contributed by atoms with Crippen LogP contribution in [0.4, 0.5) is 0 Å². The van der Waals surface area contributed by atoms with Gasteiger partial charge in [-0.15, -0.1) is 0 Å². The molecule has 2 radical (unpaired) electrons. The van der Waals surface area contributed by atoms with E-state index in [2.05, 4.69) is 0 Å². The molecule has 0 saturated heterocycles. The standard InChI is InChI=1S/C2HCl5OSi/c3-1(4,5)2(6,7)9-8/h8H. The molecule has 0 atom stereocenters. The van der Waals surface area contributed by atoms with Gasteiger partial charge in [-0.25, -0.2) is 0 Å². The molecule has 0 saturated carbocycles. The van der Waals surface area contributed by atoms with Crippen molar-refractivity contribution in [3.05, 3.63) is 0 Å². The first-order chi connectivity index (χ1) is 3.81. The molecule has 0 fully saturated rings. The minimum atomic E-state index is -1.84. The van der Waals surface area contributed by atoms with Crippen LogP contribution >= 0.6 is 58.0 Å². The van der Waals surface area contributed by atoms with Crippen LogP contribution in [-0.4, -0.2) is 22.3 Å². The monoisotopic (exact) mass is 244 g/mol. The largest absolute Gasteiger partial charge is 0.429 e. The van der Waals surface area contributed by atoms with Crippen molar-refractivity contribution in [2.45, 2.75) is 7.75 Å². The van der Waals surface area contributed by atoms with Gasteiger partial charge in [-0.1, -0.05) is 58.0 Å². The highest BCUT2D eigenvalue weighted by Crippen LogP contribution is 2.44. The molecule has 0 aromatic carbocycles. The van der Waals surface area contributed by atoms with Crippen molar-refractivity contribution in [3.8, 4) is 0 Å². The highest BCUT2D eigenvalue weighted by Gasteiger charge is 2.46. The van der Waals surface area contributed by atoms with E-state index in [4.69, 9.17) is 62.8 Å². The normalized spacial score (nSPS) is 14.0. The number of hydrogen-bond donors (Lipinski definition) is 1. The van der Waals surface area contributed by atoms with Crippen LogP contribution in [0.5, 0.6) is 0 Å². The van der Waals surface area contributed by atoms with E-state index in [1.54, 1.807) is 0 Å². The lowest BCUT2D eigenvalue weighted by molar-refractivity contribution is 0.590. The number of alkyl halides is 5. The van der Waals surface area contributed by atoms with Crippen LogP contribution in [0.1, 0.15) is 0 Å². The van der Waals surface area contributed by atoms with Gasteiger partial charge in [-0.2, -0.15) is 0 Å². The molecule has 0 aliphatic carbocycles. The predicted molar refractivity (Wildman–Crippen MR) is 42.7 cm³/mol. The summed E-state index contributed by atoms with van der Waals surface area (Å²) in [5.41, 5.74) is 0. The van der Waals surface area contributed by atoms with Crippen LogP contribution in [0.3, 0.4) is 0 Å². The van der Waals surface area contributed by atoms with Crippen molar-refractivity contribution >= 4 is 67.8 Å². The van der Waals surface area contributed by atoms with Crippen molar-refractivity contribution in [2.75, 3.05) is 0 Å². The predicted octanol–water partition coefficient (Wildman–Crippen LogP) is 2.10. The van der Waals surface area contributed by atoms with Crippen molar-refractivity contribution < 1.29 is 4.80 Å². The van der Waals surface area contributed by atoms with Crippen molar-refractivity contribution in [2.24, 2.45) is 0 Å². The second-order valence-electron chi connectivity index (χ2n) is 1.18. The van der Waals surface area contributed by atoms with Gasteiger partial charge < -0.3 is 4.80 Å². The zero-order valence-corrected chi connectivity index (χ0v) is 8.62. The van der Waals surface area contributed by atoms with Gasteiger partial charge in [0.1, 0.15) is 0 Å². The van der Waals surface area contributed by atoms with Gasteiger partial charge >= 0.3 is 0 Å². The molecule has 0 unspecified atom stereocenters. The Balaban J connectivity index is 4.14. The van der Waals surface area contributed by atoms with Gasteiger partial charge in [-0.05, 0) is 0 Å². The van der Waals surface area contributed by atoms with Crippen LogP contribution in [0.25, 0.3) is 0 Å². The van der Waals surface area contributed by atoms with Crippen molar-refractivity contribution in [3.63, 3.8) is 0 Å². The van der Waals surface area contributed by atoms with E-state index < -0.39 is 17.5 Å². The first-order valence-electron chi connectivity index (χ1n) is 1.67. The van der Waals surface area contributed by atoms with E-state index in [9.17, 15) is 0 Å². The molecule has 0 aromatic heterocycles. The van der Waals surface area contributed by atoms with E-state index in [0.717, 1.165) is 0 Å². The molecule has 1 nitrogen and oxygen atoms in total. The molecule has 0 rings (SSSR count). The summed E-state index contributed by atoms with van der Waals surface area (Å²) in [4.78, 5) is 8.44. The third kappa shape index (κ3) is 3.02. The molecule has 0 aliphatic heterocycles. The van der Waals surface area contributed by atoms with E-state index in [-0.39, 0.29) is 0 Å². The molecule has 7 heteroatoms. The third-order valence-corrected chi connectivity index (χ3v) is 4.13. The summed E-state index contributed by atoms with van der Waals surface area (Å²) in [6.45, 7) is 0. The molecule has 54 valence electrons. The molecule has 1 N–H and O–H groups in total. The maximum Gasteiger partial charge on any atom is 0.272 e. The van der Waals surface area contributed by atoms with E-state index >= 15 is 0 Å². The van der Waals surface area contributed by atoms with Crippen molar-refractivity contribution in [1.82, 2.24) is 0 Å². The Morgan fingerprint density at radius 2 is 1.33 bits per heavy atom. The highest BCUT2D eigenvalue weighted by molar-refractivity contribution is 6.84. The minimum absolute atomic E-state index is 0.829. The Kier molecular flexibility index (Phi) is 3.95. The highest BCUT2D eigenvalue weighted by atomic mass is 35.6. The fourth-order valence-electron chi connectivity index (χ4n) is 0.0634. The fourth-order valence-corrected chi connectivity index (χ4v) is 0.570. The fraction of sp³-hybridized carbons (Fsp3) is 1.00. The molecule has 0 spiro atoms. The van der Waals surface area contributed by atoms with Crippen LogP contribution < -0.4 is 0 Å². The number of rotatable bonds is 1. The van der Waals surface area contributed by atoms with Crippen LogP contribution in [0.2, 0.25) is 0 Å². The topological polar surface area (TPSA) is 20.2 Å². The first-order valence-corrected chi connectivity index (χ1v) is 4.51. The van der Waals surface area contributed by atoms with Gasteiger partial charge in [0, 0.05) is 0 Å². The summed E-state index contributed by atoms with van der Waals surface area (Å²) in [6.07, 6.45) is 0. The van der Waals surface area contributed by atoms with Gasteiger partial charge in [0.25, 0.3) is 9.76 Å². The van der Waals surface area contributed by atoms with Gasteiger partial charge in [0.15, 0.2) is 3.96 Å². The first kappa shape index (κ1) is 10.6. The SMILES string of the molecule is O[Si]C(Cl)(Cl)C(Cl)(Cl)Cl. The van der Waals surface area contributed by atoms with Crippen LogP contribution in [0, 0.1) is 0 Å². The summed E-state index contributed by atoms with van der Waals surface area (Å²) >= 11 is 26.4. The molecule has 0 aromatic rings. The van der Waals surface area contributed by atoms with Crippen LogP contribution in [-0.2, 0) is 0 Å². The summed E-state index contributed by atoms with van der Waals surface area (Å²) < 4.78 is -3.54. The Hall–Kier alpha value is 1.63. The quantitative estimate of drug-likeness (QED) is 0.555. The second-order valence-corrected chi connectivity index (χ2v) is 6.40. The lowest BCUT2D eigenvalue weighted by Crippen LogP contribution is -2.37. The molecular weight excluding hydrogens is 245 g/mol. The van der Waals surface area contributed by atoms with Crippen molar-refractivity contribution in [1.29, 1.82) is 0 Å². The van der Waals surface area contributed by atoms with E-state index in [1.807, 2.05) is 0 Å². The zero-order valence-electron chi connectivity index (χ0n) is 3.84. The maximum atomic E-state index is 8.44.